The first-order chi connectivity index (χ1) is 17.6. The van der Waals surface area contributed by atoms with Gasteiger partial charge in [0.05, 0.1) is 21.9 Å². The molecule has 3 heterocycles. The highest BCUT2D eigenvalue weighted by Gasteiger charge is 2.20. The van der Waals surface area contributed by atoms with Crippen LogP contribution in [0.15, 0.2) is 48.8 Å². The molecule has 5 rings (SSSR count). The van der Waals surface area contributed by atoms with Crippen LogP contribution in [0.3, 0.4) is 0 Å². The fourth-order valence-corrected chi connectivity index (χ4v) is 5.36. The third-order valence-corrected chi connectivity index (χ3v) is 7.27. The van der Waals surface area contributed by atoms with Crippen LogP contribution in [0.25, 0.3) is 21.3 Å². The second kappa shape index (κ2) is 11.0. The lowest BCUT2D eigenvalue weighted by Gasteiger charge is -2.27. The highest BCUT2D eigenvalue weighted by Crippen LogP contribution is 2.32. The number of benzene rings is 1. The molecule has 1 aromatic carbocycles. The summed E-state index contributed by atoms with van der Waals surface area (Å²) in [5.74, 6) is 1.58. The maximum atomic E-state index is 9.82. The monoisotopic (exact) mass is 499 g/mol. The maximum Gasteiger partial charge on any atom is 0.189 e. The van der Waals surface area contributed by atoms with E-state index in [2.05, 4.69) is 52.1 Å². The van der Waals surface area contributed by atoms with E-state index in [4.69, 9.17) is 9.97 Å². The molecule has 0 spiro atoms. The summed E-state index contributed by atoms with van der Waals surface area (Å²) in [5, 5.41) is 30.1. The first-order valence-corrected chi connectivity index (χ1v) is 13.1. The van der Waals surface area contributed by atoms with Gasteiger partial charge in [0.15, 0.2) is 5.13 Å². The lowest BCUT2D eigenvalue weighted by atomic mass is 9.93. The van der Waals surface area contributed by atoms with Gasteiger partial charge in [-0.15, -0.1) is 0 Å². The molecule has 0 amide bonds. The number of nitrogens with one attached hydrogen (secondary N) is 3. The highest BCUT2D eigenvalue weighted by molar-refractivity contribution is 7.22. The Morgan fingerprint density at radius 2 is 1.86 bits per heavy atom. The number of nitriles is 1. The number of nitrogens with zero attached hydrogens (tertiary/aromatic N) is 4. The highest BCUT2D eigenvalue weighted by atomic mass is 32.1. The molecule has 0 radical (unpaired) electrons. The van der Waals surface area contributed by atoms with Gasteiger partial charge < -0.3 is 21.1 Å². The minimum absolute atomic E-state index is 0.181. The predicted molar refractivity (Wildman–Crippen MR) is 144 cm³/mol. The Morgan fingerprint density at radius 1 is 1.03 bits per heavy atom. The lowest BCUT2D eigenvalue weighted by molar-refractivity contribution is 0.126. The van der Waals surface area contributed by atoms with Crippen molar-refractivity contribution >= 4 is 38.3 Å². The molecule has 3 aromatic heterocycles. The molecule has 8 nitrogen and oxygen atoms in total. The van der Waals surface area contributed by atoms with Crippen molar-refractivity contribution < 1.29 is 5.11 Å². The number of pyridine rings is 2. The summed E-state index contributed by atoms with van der Waals surface area (Å²) in [6.07, 6.45) is 6.68. The molecule has 0 unspecified atom stereocenters. The van der Waals surface area contributed by atoms with Gasteiger partial charge >= 0.3 is 0 Å². The van der Waals surface area contributed by atoms with Crippen LogP contribution < -0.4 is 16.0 Å². The van der Waals surface area contributed by atoms with Crippen LogP contribution in [0.5, 0.6) is 0 Å². The Bertz CT molecular complexity index is 1390. The van der Waals surface area contributed by atoms with E-state index in [0.29, 0.717) is 11.6 Å². The zero-order valence-electron chi connectivity index (χ0n) is 20.2. The Morgan fingerprint density at radius 3 is 2.67 bits per heavy atom. The predicted octanol–water partition coefficient (Wildman–Crippen LogP) is 5.19. The smallest absolute Gasteiger partial charge is 0.189 e. The van der Waals surface area contributed by atoms with E-state index in [1.54, 1.807) is 23.7 Å². The molecule has 9 heteroatoms. The van der Waals surface area contributed by atoms with Crippen molar-refractivity contribution in [1.82, 2.24) is 20.3 Å². The number of thiazole rings is 1. The Kier molecular flexibility index (Phi) is 7.37. The normalized spacial score (nSPS) is 17.6. The molecule has 0 aliphatic heterocycles. The topological polar surface area (TPSA) is 119 Å². The van der Waals surface area contributed by atoms with E-state index in [0.717, 1.165) is 82.4 Å². The van der Waals surface area contributed by atoms with E-state index in [9.17, 15) is 10.4 Å². The fraction of sp³-hybridized carbons (Fsp3) is 0.333. The summed E-state index contributed by atoms with van der Waals surface area (Å²) in [7, 11) is 0. The number of fused-ring (bicyclic) bond motifs is 1. The van der Waals surface area contributed by atoms with E-state index in [-0.39, 0.29) is 6.10 Å². The van der Waals surface area contributed by atoms with Gasteiger partial charge in [0, 0.05) is 30.5 Å². The molecule has 4 aromatic rings. The molecule has 36 heavy (non-hydrogen) atoms. The number of aromatic nitrogens is 3. The van der Waals surface area contributed by atoms with Crippen molar-refractivity contribution in [1.29, 1.82) is 5.26 Å². The number of aliphatic hydroxyl groups excluding tert-OH is 1. The molecule has 0 atom stereocenters. The van der Waals surface area contributed by atoms with Crippen molar-refractivity contribution in [2.45, 2.75) is 51.3 Å². The minimum Gasteiger partial charge on any atom is -0.393 e. The third kappa shape index (κ3) is 5.79. The molecule has 1 aliphatic carbocycles. The summed E-state index contributed by atoms with van der Waals surface area (Å²) in [5.41, 5.74) is 4.48. The molecular formula is C27H29N7OS. The number of hydrogen-bond donors (Lipinski definition) is 4. The van der Waals surface area contributed by atoms with E-state index < -0.39 is 0 Å². The van der Waals surface area contributed by atoms with Crippen LogP contribution >= 0.6 is 11.3 Å². The first-order valence-electron chi connectivity index (χ1n) is 12.3. The Balaban J connectivity index is 1.38. The molecule has 4 N–H and O–H groups in total. The van der Waals surface area contributed by atoms with Crippen molar-refractivity contribution in [2.24, 2.45) is 0 Å². The second-order valence-corrected chi connectivity index (χ2v) is 10.1. The quantitative estimate of drug-likeness (QED) is 0.261. The summed E-state index contributed by atoms with van der Waals surface area (Å²) in [6.45, 7) is 3.74. The lowest BCUT2D eigenvalue weighted by Crippen LogP contribution is -2.28. The van der Waals surface area contributed by atoms with Crippen molar-refractivity contribution in [2.75, 3.05) is 17.2 Å². The van der Waals surface area contributed by atoms with Crippen LogP contribution in [0, 0.1) is 11.3 Å². The molecule has 0 bridgehead atoms. The Labute approximate surface area is 214 Å². The van der Waals surface area contributed by atoms with Crippen LogP contribution in [-0.4, -0.2) is 38.7 Å². The zero-order chi connectivity index (χ0) is 24.9. The second-order valence-electron chi connectivity index (χ2n) is 9.08. The first kappa shape index (κ1) is 24.1. The number of rotatable bonds is 8. The van der Waals surface area contributed by atoms with Gasteiger partial charge in [0.2, 0.25) is 0 Å². The largest absolute Gasteiger partial charge is 0.393 e. The van der Waals surface area contributed by atoms with Crippen LogP contribution in [0.1, 0.15) is 43.7 Å². The number of anilines is 3. The average Bonchev–Trinajstić information content (AvgIpc) is 3.30. The SMILES string of the molecule is CCNCc1cc(Nc2nc3ccc(-c4cncc(C#N)c4)cc3s2)nc(N[C@H]2CC[C@H](O)CC2)c1. The summed E-state index contributed by atoms with van der Waals surface area (Å²) in [4.78, 5) is 13.8. The van der Waals surface area contributed by atoms with Gasteiger partial charge in [0.25, 0.3) is 0 Å². The van der Waals surface area contributed by atoms with Crippen LogP contribution in [0.2, 0.25) is 0 Å². The van der Waals surface area contributed by atoms with E-state index >= 15 is 0 Å². The maximum absolute atomic E-state index is 9.82. The van der Waals surface area contributed by atoms with Crippen molar-refractivity contribution in [3.8, 4) is 17.2 Å². The van der Waals surface area contributed by atoms with Crippen LogP contribution in [0.4, 0.5) is 16.8 Å². The summed E-state index contributed by atoms with van der Waals surface area (Å²) >= 11 is 1.56. The molecule has 0 saturated heterocycles. The minimum atomic E-state index is -0.181. The van der Waals surface area contributed by atoms with Gasteiger partial charge in [-0.2, -0.15) is 5.26 Å². The third-order valence-electron chi connectivity index (χ3n) is 6.34. The van der Waals surface area contributed by atoms with Crippen molar-refractivity contribution in [3.05, 3.63) is 59.9 Å². The molecule has 184 valence electrons. The number of aliphatic hydroxyl groups is 1. The van der Waals surface area contributed by atoms with E-state index in [1.165, 1.54) is 0 Å². The molecule has 1 aliphatic rings. The summed E-state index contributed by atoms with van der Waals surface area (Å²) in [6, 6.07) is 14.5. The molecular weight excluding hydrogens is 470 g/mol. The average molecular weight is 500 g/mol. The van der Waals surface area contributed by atoms with Gasteiger partial charge in [-0.1, -0.05) is 24.3 Å². The number of hydrogen-bond acceptors (Lipinski definition) is 9. The summed E-state index contributed by atoms with van der Waals surface area (Å²) < 4.78 is 1.04. The van der Waals surface area contributed by atoms with Gasteiger partial charge in [-0.05, 0) is 73.7 Å². The van der Waals surface area contributed by atoms with Crippen molar-refractivity contribution in [3.63, 3.8) is 0 Å². The fourth-order valence-electron chi connectivity index (χ4n) is 4.45. The van der Waals surface area contributed by atoms with E-state index in [1.807, 2.05) is 18.2 Å². The van der Waals surface area contributed by atoms with Gasteiger partial charge in [-0.3, -0.25) is 4.98 Å². The zero-order valence-corrected chi connectivity index (χ0v) is 21.0. The standard InChI is InChI=1S/C27H29N7OS/c1-2-29-14-17-10-25(31-21-4-6-22(35)7-5-21)33-26(11-17)34-27-32-23-8-3-19(12-24(23)36-27)20-9-18(13-28)15-30-16-20/h3,8-12,15-16,21-22,29,35H,2,4-7,14H2,1H3,(H2,31,32,33,34)/t21-,22-. The van der Waals surface area contributed by atoms with Gasteiger partial charge in [0.1, 0.15) is 17.7 Å². The molecule has 1 fully saturated rings. The Hall–Kier alpha value is -3.58. The van der Waals surface area contributed by atoms with Gasteiger partial charge in [-0.25, -0.2) is 9.97 Å². The van der Waals surface area contributed by atoms with Crippen LogP contribution in [-0.2, 0) is 6.54 Å². The molecule has 1 saturated carbocycles.